The second-order valence-corrected chi connectivity index (χ2v) is 7.01. The van der Waals surface area contributed by atoms with Crippen molar-refractivity contribution in [2.45, 2.75) is 26.6 Å². The van der Waals surface area contributed by atoms with Crippen LogP contribution in [-0.4, -0.2) is 13.1 Å². The Balaban J connectivity index is 1.99. The predicted molar refractivity (Wildman–Crippen MR) is 114 cm³/mol. The number of rotatable bonds is 7. The van der Waals surface area contributed by atoms with Gasteiger partial charge in [0.25, 0.3) is 0 Å². The van der Waals surface area contributed by atoms with Gasteiger partial charge in [0, 0.05) is 12.7 Å². The first-order valence-electron chi connectivity index (χ1n) is 9.31. The molecule has 0 heterocycles. The van der Waals surface area contributed by atoms with E-state index < -0.39 is 5.97 Å². The van der Waals surface area contributed by atoms with E-state index in [1.807, 2.05) is 43.3 Å². The van der Waals surface area contributed by atoms with Crippen LogP contribution < -0.4 is 9.47 Å². The van der Waals surface area contributed by atoms with Gasteiger partial charge in [-0.05, 0) is 43.2 Å². The van der Waals surface area contributed by atoms with Gasteiger partial charge >= 0.3 is 5.97 Å². The van der Waals surface area contributed by atoms with Crippen LogP contribution in [0.25, 0.3) is 0 Å². The van der Waals surface area contributed by atoms with Gasteiger partial charge in [-0.25, -0.2) is 4.79 Å². The average Bonchev–Trinajstić information content (AvgIpc) is 2.75. The van der Waals surface area contributed by atoms with Gasteiger partial charge < -0.3 is 14.2 Å². The van der Waals surface area contributed by atoms with Gasteiger partial charge in [-0.15, -0.1) is 0 Å². The van der Waals surface area contributed by atoms with Crippen LogP contribution in [-0.2, 0) is 11.3 Å². The van der Waals surface area contributed by atoms with Crippen LogP contribution in [0.1, 0.15) is 40.1 Å². The smallest absolute Gasteiger partial charge is 0.347 e. The van der Waals surface area contributed by atoms with Crippen molar-refractivity contribution in [1.82, 2.24) is 0 Å². The molecule has 0 aliphatic heterocycles. The Morgan fingerprint density at radius 3 is 2.28 bits per heavy atom. The number of ether oxygens (including phenoxy) is 3. The number of carbonyl (C=O) groups is 1. The van der Waals surface area contributed by atoms with E-state index in [4.69, 9.17) is 25.8 Å². The highest BCUT2D eigenvalue weighted by atomic mass is 35.5. The number of halogens is 1. The first-order chi connectivity index (χ1) is 14.0. The van der Waals surface area contributed by atoms with Gasteiger partial charge in [0.1, 0.15) is 23.7 Å². The lowest BCUT2D eigenvalue weighted by Crippen LogP contribution is -2.14. The lowest BCUT2D eigenvalue weighted by Gasteiger charge is -2.20. The largest absolute Gasteiger partial charge is 0.488 e. The molecular weight excluding hydrogens is 388 g/mol. The summed E-state index contributed by atoms with van der Waals surface area (Å²) in [5.74, 6) is 0.349. The number of carbonyl (C=O) groups excluding carboxylic acids is 1. The van der Waals surface area contributed by atoms with Crippen LogP contribution in [0, 0.1) is 6.92 Å². The van der Waals surface area contributed by atoms with Crippen molar-refractivity contribution in [2.24, 2.45) is 0 Å². The first-order valence-corrected chi connectivity index (χ1v) is 9.68. The minimum absolute atomic E-state index is 0.250. The van der Waals surface area contributed by atoms with Gasteiger partial charge in [-0.2, -0.15) is 0 Å². The summed E-state index contributed by atoms with van der Waals surface area (Å²) in [6.45, 7) is 3.99. The molecule has 3 rings (SSSR count). The van der Waals surface area contributed by atoms with Crippen LogP contribution >= 0.6 is 11.6 Å². The molecule has 0 radical (unpaired) electrons. The zero-order chi connectivity index (χ0) is 20.8. The van der Waals surface area contributed by atoms with Gasteiger partial charge in [0.15, 0.2) is 0 Å². The van der Waals surface area contributed by atoms with E-state index in [1.165, 1.54) is 0 Å². The van der Waals surface area contributed by atoms with E-state index in [2.05, 4.69) is 0 Å². The maximum absolute atomic E-state index is 13.0. The minimum atomic E-state index is -0.518. The van der Waals surface area contributed by atoms with Crippen molar-refractivity contribution < 1.29 is 19.0 Å². The zero-order valence-corrected chi connectivity index (χ0v) is 17.4. The second kappa shape index (κ2) is 9.59. The van der Waals surface area contributed by atoms with E-state index in [-0.39, 0.29) is 6.10 Å². The van der Waals surface area contributed by atoms with Gasteiger partial charge in [-0.3, -0.25) is 0 Å². The fourth-order valence-corrected chi connectivity index (χ4v) is 3.26. The summed E-state index contributed by atoms with van der Waals surface area (Å²) in [4.78, 5) is 13.0. The Kier molecular flexibility index (Phi) is 6.91. The summed E-state index contributed by atoms with van der Waals surface area (Å²) in [6, 6.07) is 20.4. The third-order valence-electron chi connectivity index (χ3n) is 4.68. The molecule has 0 bridgehead atoms. The maximum Gasteiger partial charge on any atom is 0.347 e. The van der Waals surface area contributed by atoms with Crippen molar-refractivity contribution in [3.05, 3.63) is 94.0 Å². The summed E-state index contributed by atoms with van der Waals surface area (Å²) >= 11 is 6.56. The summed E-state index contributed by atoms with van der Waals surface area (Å²) in [5.41, 5.74) is 2.65. The standard InChI is InChI=1S/C24H23ClO4/c1-16-22(24(26)29-19-12-8-5-9-13-19)21(14-20(23(16)25)17(2)27-3)28-15-18-10-6-4-7-11-18/h4-14,17H,15H2,1-3H3. The van der Waals surface area contributed by atoms with E-state index in [9.17, 15) is 4.79 Å². The highest BCUT2D eigenvalue weighted by Crippen LogP contribution is 2.37. The molecule has 29 heavy (non-hydrogen) atoms. The fourth-order valence-electron chi connectivity index (χ4n) is 2.96. The Labute approximate surface area is 176 Å². The molecule has 1 unspecified atom stereocenters. The first kappa shape index (κ1) is 20.9. The molecule has 0 N–H and O–H groups in total. The lowest BCUT2D eigenvalue weighted by atomic mass is 10.0. The highest BCUT2D eigenvalue weighted by molar-refractivity contribution is 6.32. The van der Waals surface area contributed by atoms with Crippen LogP contribution in [0.3, 0.4) is 0 Å². The van der Waals surface area contributed by atoms with E-state index in [1.54, 1.807) is 44.4 Å². The maximum atomic E-state index is 13.0. The van der Waals surface area contributed by atoms with Crippen molar-refractivity contribution in [3.8, 4) is 11.5 Å². The predicted octanol–water partition coefficient (Wildman–Crippen LogP) is 6.15. The molecule has 0 spiro atoms. The Morgan fingerprint density at radius 1 is 1.03 bits per heavy atom. The molecule has 5 heteroatoms. The van der Waals surface area contributed by atoms with E-state index in [0.717, 1.165) is 11.1 Å². The van der Waals surface area contributed by atoms with Crippen molar-refractivity contribution in [3.63, 3.8) is 0 Å². The number of para-hydroxylation sites is 1. The molecule has 3 aromatic rings. The Bertz CT molecular complexity index is 971. The molecule has 0 saturated carbocycles. The van der Waals surface area contributed by atoms with Crippen molar-refractivity contribution >= 4 is 17.6 Å². The molecule has 0 amide bonds. The lowest BCUT2D eigenvalue weighted by molar-refractivity contribution is 0.0728. The summed E-state index contributed by atoms with van der Waals surface area (Å²) in [6.07, 6.45) is -0.250. The number of esters is 1. The molecule has 0 aliphatic rings. The van der Waals surface area contributed by atoms with Gasteiger partial charge in [0.05, 0.1) is 11.1 Å². The van der Waals surface area contributed by atoms with E-state index >= 15 is 0 Å². The SMILES string of the molecule is COC(C)c1cc(OCc2ccccc2)c(C(=O)Oc2ccccc2)c(C)c1Cl. The number of hydrogen-bond acceptors (Lipinski definition) is 4. The molecule has 3 aromatic carbocycles. The Hall–Kier alpha value is -2.82. The molecule has 0 saturated heterocycles. The fraction of sp³-hybridized carbons (Fsp3) is 0.208. The normalized spacial score (nSPS) is 11.7. The number of benzene rings is 3. The zero-order valence-electron chi connectivity index (χ0n) is 16.6. The molecule has 4 nitrogen and oxygen atoms in total. The number of hydrogen-bond donors (Lipinski definition) is 0. The van der Waals surface area contributed by atoms with Crippen molar-refractivity contribution in [2.75, 3.05) is 7.11 Å². The summed E-state index contributed by atoms with van der Waals surface area (Å²) < 4.78 is 17.0. The quantitative estimate of drug-likeness (QED) is 0.346. The second-order valence-electron chi connectivity index (χ2n) is 6.63. The third kappa shape index (κ3) is 4.97. The van der Waals surface area contributed by atoms with Crippen molar-refractivity contribution in [1.29, 1.82) is 0 Å². The molecule has 0 aliphatic carbocycles. The Morgan fingerprint density at radius 2 is 1.66 bits per heavy atom. The van der Waals surface area contributed by atoms with Crippen LogP contribution in [0.4, 0.5) is 0 Å². The minimum Gasteiger partial charge on any atom is -0.488 e. The van der Waals surface area contributed by atoms with Crippen LogP contribution in [0.15, 0.2) is 66.7 Å². The topological polar surface area (TPSA) is 44.8 Å². The molecule has 0 fully saturated rings. The van der Waals surface area contributed by atoms with Crippen LogP contribution in [0.2, 0.25) is 5.02 Å². The monoisotopic (exact) mass is 410 g/mol. The third-order valence-corrected chi connectivity index (χ3v) is 5.18. The molecular formula is C24H23ClO4. The average molecular weight is 411 g/mol. The molecule has 0 aromatic heterocycles. The molecule has 150 valence electrons. The van der Waals surface area contributed by atoms with Gasteiger partial charge in [-0.1, -0.05) is 60.1 Å². The number of methoxy groups -OCH3 is 1. The van der Waals surface area contributed by atoms with E-state index in [0.29, 0.717) is 34.3 Å². The summed E-state index contributed by atoms with van der Waals surface area (Å²) in [7, 11) is 1.61. The summed E-state index contributed by atoms with van der Waals surface area (Å²) in [5, 5.41) is 0.464. The van der Waals surface area contributed by atoms with Crippen LogP contribution in [0.5, 0.6) is 11.5 Å². The van der Waals surface area contributed by atoms with Gasteiger partial charge in [0.2, 0.25) is 0 Å². The highest BCUT2D eigenvalue weighted by Gasteiger charge is 2.24. The molecule has 1 atom stereocenters.